The monoisotopic (exact) mass is 314 g/mol. The summed E-state index contributed by atoms with van der Waals surface area (Å²) in [6, 6.07) is 4.42. The van der Waals surface area contributed by atoms with E-state index in [0.717, 1.165) is 32.2 Å². The third-order valence-corrected chi connectivity index (χ3v) is 3.71. The van der Waals surface area contributed by atoms with E-state index >= 15 is 0 Å². The molecule has 0 aliphatic carbocycles. The largest absolute Gasteiger partial charge is 0.325 e. The average Bonchev–Trinajstić information content (AvgIpc) is 2.62. The third kappa shape index (κ3) is 3.53. The van der Waals surface area contributed by atoms with Crippen molar-refractivity contribution in [3.8, 4) is 0 Å². The maximum atomic E-state index is 13.3. The molecule has 0 aromatic heterocycles. The van der Waals surface area contributed by atoms with E-state index in [1.54, 1.807) is 12.1 Å². The maximum absolute atomic E-state index is 13.3. The van der Waals surface area contributed by atoms with Gasteiger partial charge in [0, 0.05) is 5.69 Å². The second-order valence-corrected chi connectivity index (χ2v) is 5.33. The maximum Gasteiger partial charge on any atom is 0.241 e. The van der Waals surface area contributed by atoms with Crippen LogP contribution in [0.3, 0.4) is 0 Å². The highest BCUT2D eigenvalue weighted by atomic mass is 79.9. The number of rotatable bonds is 2. The summed E-state index contributed by atoms with van der Waals surface area (Å²) >= 11 is 3.08. The second kappa shape index (κ2) is 6.29. The van der Waals surface area contributed by atoms with Crippen molar-refractivity contribution >= 4 is 27.5 Å². The molecule has 1 amide bonds. The van der Waals surface area contributed by atoms with Gasteiger partial charge in [0.1, 0.15) is 5.82 Å². The Kier molecular flexibility index (Phi) is 4.72. The lowest BCUT2D eigenvalue weighted by Gasteiger charge is -2.15. The Morgan fingerprint density at radius 1 is 1.39 bits per heavy atom. The molecule has 1 aliphatic rings. The average molecular weight is 315 g/mol. The molecule has 18 heavy (non-hydrogen) atoms. The number of hydrogen-bond acceptors (Lipinski definition) is 2. The summed E-state index contributed by atoms with van der Waals surface area (Å²) in [5.74, 6) is -0.458. The van der Waals surface area contributed by atoms with Crippen LogP contribution in [-0.2, 0) is 4.79 Å². The van der Waals surface area contributed by atoms with Gasteiger partial charge in [0.2, 0.25) is 5.91 Å². The number of halogens is 2. The molecule has 0 saturated carbocycles. The Hall–Kier alpha value is -0.940. The summed E-state index contributed by atoms with van der Waals surface area (Å²) < 4.78 is 13.7. The summed E-state index contributed by atoms with van der Waals surface area (Å²) in [4.78, 5) is 12.0. The standard InChI is InChI=1S/C13H16BrFN2O/c14-10-6-5-9(8-11(10)15)17-13(18)12-4-2-1-3-7-16-12/h5-6,8,12,16H,1-4,7H2,(H,17,18). The molecule has 1 aromatic carbocycles. The Morgan fingerprint density at radius 2 is 2.22 bits per heavy atom. The summed E-state index contributed by atoms with van der Waals surface area (Å²) in [6.07, 6.45) is 4.16. The molecule has 1 atom stereocenters. The van der Waals surface area contributed by atoms with E-state index in [0.29, 0.717) is 10.2 Å². The number of nitrogens with one attached hydrogen (secondary N) is 2. The summed E-state index contributed by atoms with van der Waals surface area (Å²) in [7, 11) is 0. The van der Waals surface area contributed by atoms with Crippen LogP contribution in [-0.4, -0.2) is 18.5 Å². The lowest BCUT2D eigenvalue weighted by atomic mass is 10.1. The molecule has 1 fully saturated rings. The summed E-state index contributed by atoms with van der Waals surface area (Å²) in [5.41, 5.74) is 0.492. The minimum Gasteiger partial charge on any atom is -0.325 e. The van der Waals surface area contributed by atoms with Gasteiger partial charge in [-0.15, -0.1) is 0 Å². The molecule has 1 aromatic rings. The number of carbonyl (C=O) groups excluding carboxylic acids is 1. The van der Waals surface area contributed by atoms with E-state index in [4.69, 9.17) is 0 Å². The first kappa shape index (κ1) is 13.5. The molecule has 0 bridgehead atoms. The SMILES string of the molecule is O=C(Nc1ccc(Br)c(F)c1)C1CCCCCN1. The van der Waals surface area contributed by atoms with Gasteiger partial charge in [-0.2, -0.15) is 0 Å². The van der Waals surface area contributed by atoms with Crippen LogP contribution >= 0.6 is 15.9 Å². The first-order valence-corrected chi connectivity index (χ1v) is 6.95. The molecule has 1 unspecified atom stereocenters. The van der Waals surface area contributed by atoms with Crippen LogP contribution in [0.1, 0.15) is 25.7 Å². The van der Waals surface area contributed by atoms with Crippen molar-refractivity contribution in [2.45, 2.75) is 31.7 Å². The lowest BCUT2D eigenvalue weighted by molar-refractivity contribution is -0.118. The Morgan fingerprint density at radius 3 is 3.00 bits per heavy atom. The van der Waals surface area contributed by atoms with E-state index in [2.05, 4.69) is 26.6 Å². The van der Waals surface area contributed by atoms with Crippen LogP contribution in [0.15, 0.2) is 22.7 Å². The highest BCUT2D eigenvalue weighted by molar-refractivity contribution is 9.10. The molecule has 0 radical (unpaired) electrons. The fraction of sp³-hybridized carbons (Fsp3) is 0.462. The lowest BCUT2D eigenvalue weighted by Crippen LogP contribution is -2.39. The van der Waals surface area contributed by atoms with Crippen molar-refractivity contribution in [1.29, 1.82) is 0 Å². The summed E-state index contributed by atoms with van der Waals surface area (Å²) in [5, 5.41) is 5.96. The minimum absolute atomic E-state index is 0.0846. The first-order valence-electron chi connectivity index (χ1n) is 6.16. The fourth-order valence-electron chi connectivity index (χ4n) is 2.06. The van der Waals surface area contributed by atoms with Crippen LogP contribution in [0.5, 0.6) is 0 Å². The molecule has 1 heterocycles. The van der Waals surface area contributed by atoms with E-state index in [-0.39, 0.29) is 17.8 Å². The van der Waals surface area contributed by atoms with Crippen LogP contribution in [0, 0.1) is 5.82 Å². The predicted molar refractivity (Wildman–Crippen MR) is 73.0 cm³/mol. The van der Waals surface area contributed by atoms with Crippen LogP contribution in [0.2, 0.25) is 0 Å². The van der Waals surface area contributed by atoms with Gasteiger partial charge in [-0.3, -0.25) is 4.79 Å². The van der Waals surface area contributed by atoms with Gasteiger partial charge in [0.25, 0.3) is 0 Å². The van der Waals surface area contributed by atoms with Gasteiger partial charge in [0.15, 0.2) is 0 Å². The second-order valence-electron chi connectivity index (χ2n) is 4.47. The number of amides is 1. The smallest absolute Gasteiger partial charge is 0.241 e. The predicted octanol–water partition coefficient (Wildman–Crippen LogP) is 3.06. The number of benzene rings is 1. The molecule has 98 valence electrons. The van der Waals surface area contributed by atoms with E-state index in [1.165, 1.54) is 6.07 Å². The molecule has 1 aliphatic heterocycles. The molecular weight excluding hydrogens is 299 g/mol. The third-order valence-electron chi connectivity index (χ3n) is 3.06. The van der Waals surface area contributed by atoms with Crippen molar-refractivity contribution in [3.05, 3.63) is 28.5 Å². The molecule has 2 rings (SSSR count). The van der Waals surface area contributed by atoms with E-state index in [9.17, 15) is 9.18 Å². The van der Waals surface area contributed by atoms with Gasteiger partial charge in [-0.25, -0.2) is 4.39 Å². The highest BCUT2D eigenvalue weighted by Crippen LogP contribution is 2.20. The highest BCUT2D eigenvalue weighted by Gasteiger charge is 2.19. The molecule has 1 saturated heterocycles. The van der Waals surface area contributed by atoms with Gasteiger partial charge in [-0.1, -0.05) is 12.8 Å². The van der Waals surface area contributed by atoms with Crippen molar-refractivity contribution < 1.29 is 9.18 Å². The molecular formula is C13H16BrFN2O. The molecule has 5 heteroatoms. The number of carbonyl (C=O) groups is 1. The van der Waals surface area contributed by atoms with Crippen molar-refractivity contribution in [1.82, 2.24) is 5.32 Å². The Balaban J connectivity index is 1.99. The Bertz CT molecular complexity index is 431. The zero-order valence-corrected chi connectivity index (χ0v) is 11.6. The zero-order valence-electron chi connectivity index (χ0n) is 10.0. The molecule has 0 spiro atoms. The quantitative estimate of drug-likeness (QED) is 0.881. The van der Waals surface area contributed by atoms with E-state index < -0.39 is 0 Å². The van der Waals surface area contributed by atoms with Gasteiger partial charge in [-0.05, 0) is 53.5 Å². The minimum atomic E-state index is -0.373. The van der Waals surface area contributed by atoms with Crippen molar-refractivity contribution in [2.24, 2.45) is 0 Å². The van der Waals surface area contributed by atoms with Crippen LogP contribution in [0.25, 0.3) is 0 Å². The zero-order chi connectivity index (χ0) is 13.0. The van der Waals surface area contributed by atoms with Crippen molar-refractivity contribution in [3.63, 3.8) is 0 Å². The topological polar surface area (TPSA) is 41.1 Å². The van der Waals surface area contributed by atoms with Gasteiger partial charge >= 0.3 is 0 Å². The molecule has 2 N–H and O–H groups in total. The number of anilines is 1. The summed E-state index contributed by atoms with van der Waals surface area (Å²) in [6.45, 7) is 0.868. The van der Waals surface area contributed by atoms with Crippen LogP contribution < -0.4 is 10.6 Å². The normalized spacial score (nSPS) is 20.2. The first-order chi connectivity index (χ1) is 8.66. The van der Waals surface area contributed by atoms with Crippen molar-refractivity contribution in [2.75, 3.05) is 11.9 Å². The Labute approximate surface area is 114 Å². The van der Waals surface area contributed by atoms with Crippen LogP contribution in [0.4, 0.5) is 10.1 Å². The van der Waals surface area contributed by atoms with E-state index in [1.807, 2.05) is 0 Å². The number of hydrogen-bond donors (Lipinski definition) is 2. The fourth-order valence-corrected chi connectivity index (χ4v) is 2.30. The molecule has 3 nitrogen and oxygen atoms in total. The van der Waals surface area contributed by atoms with Gasteiger partial charge in [0.05, 0.1) is 10.5 Å². The van der Waals surface area contributed by atoms with Gasteiger partial charge < -0.3 is 10.6 Å².